The summed E-state index contributed by atoms with van der Waals surface area (Å²) >= 11 is 9.66. The summed E-state index contributed by atoms with van der Waals surface area (Å²) in [5.41, 5.74) is 0. The smallest absolute Gasteiger partial charge is 0.281 e. The zero-order valence-corrected chi connectivity index (χ0v) is 12.0. The van der Waals surface area contributed by atoms with E-state index in [0.29, 0.717) is 0 Å². The summed E-state index contributed by atoms with van der Waals surface area (Å²) in [4.78, 5) is -3.50. The molecule has 0 spiro atoms. The van der Waals surface area contributed by atoms with Gasteiger partial charge in [0.05, 0.1) is 5.88 Å². The van der Waals surface area contributed by atoms with Gasteiger partial charge in [0.1, 0.15) is 6.61 Å². The number of hydroxylamine groups is 2. The van der Waals surface area contributed by atoms with Gasteiger partial charge in [0.2, 0.25) is 0 Å². The summed E-state index contributed by atoms with van der Waals surface area (Å²) in [7, 11) is 0. The Balaban J connectivity index is 5.67. The van der Waals surface area contributed by atoms with Crippen LogP contribution in [0.3, 0.4) is 0 Å². The molecule has 0 aliphatic heterocycles. The van der Waals surface area contributed by atoms with Gasteiger partial charge in [-0.15, -0.1) is 11.6 Å². The zero-order chi connectivity index (χ0) is 19.8. The molecule has 1 unspecified atom stereocenters. The molecule has 0 aromatic heterocycles. The fourth-order valence-electron chi connectivity index (χ4n) is 1.21. The third kappa shape index (κ3) is 6.16. The molecular weight excluding hydrogens is 427 g/mol. The van der Waals surface area contributed by atoms with Crippen LogP contribution in [0, 0.1) is 0 Å². The first-order chi connectivity index (χ1) is 10.3. The van der Waals surface area contributed by atoms with Crippen LogP contribution < -0.4 is 0 Å². The van der Waals surface area contributed by atoms with Crippen molar-refractivity contribution in [3.8, 4) is 0 Å². The Labute approximate surface area is 134 Å². The fourth-order valence-corrected chi connectivity index (χ4v) is 1.65. The molecule has 0 N–H and O–H groups in total. The Kier molecular flexibility index (Phi) is 6.98. The van der Waals surface area contributed by atoms with Crippen LogP contribution in [0.1, 0.15) is 0 Å². The van der Waals surface area contributed by atoms with Crippen LogP contribution in [0.15, 0.2) is 0 Å². The molecule has 0 heterocycles. The van der Waals surface area contributed by atoms with E-state index in [4.69, 9.17) is 23.2 Å². The Morgan fingerprint density at radius 1 is 0.667 bits per heavy atom. The standard InChI is InChI=1S/C7H4Cl2F12N2O/c8-1-3(9,22(4(10,11)12)5(13,14)15)2-24-23(6(16,17)18)7(19,20)21/h1-2H2. The second-order valence-corrected chi connectivity index (χ2v) is 4.80. The second kappa shape index (κ2) is 7.09. The molecule has 3 nitrogen and oxygen atoms in total. The Bertz CT molecular complexity index is 390. The van der Waals surface area contributed by atoms with Crippen LogP contribution in [-0.2, 0) is 4.84 Å². The molecule has 0 aromatic carbocycles. The van der Waals surface area contributed by atoms with E-state index in [2.05, 4.69) is 4.84 Å². The Morgan fingerprint density at radius 3 is 1.21 bits per heavy atom. The first kappa shape index (κ1) is 23.6. The number of alkyl halides is 14. The topological polar surface area (TPSA) is 15.7 Å². The molecular formula is C7H4Cl2F12N2O. The highest BCUT2D eigenvalue weighted by molar-refractivity contribution is 6.30. The highest BCUT2D eigenvalue weighted by Gasteiger charge is 2.64. The molecule has 1 atom stereocenters. The third-order valence-corrected chi connectivity index (χ3v) is 2.98. The van der Waals surface area contributed by atoms with Gasteiger partial charge < -0.3 is 0 Å². The predicted octanol–water partition coefficient (Wildman–Crippen LogP) is 4.78. The van der Waals surface area contributed by atoms with Crippen molar-refractivity contribution in [1.82, 2.24) is 9.96 Å². The molecule has 0 saturated carbocycles. The molecule has 0 amide bonds. The van der Waals surface area contributed by atoms with Gasteiger partial charge in [-0.1, -0.05) is 16.5 Å². The van der Waals surface area contributed by atoms with E-state index in [1.165, 1.54) is 0 Å². The van der Waals surface area contributed by atoms with Crippen LogP contribution in [0.2, 0.25) is 0 Å². The third-order valence-electron chi connectivity index (χ3n) is 1.99. The maximum atomic E-state index is 12.4. The normalized spacial score (nSPS) is 17.5. The molecule has 24 heavy (non-hydrogen) atoms. The summed E-state index contributed by atoms with van der Waals surface area (Å²) in [6.45, 7) is -2.56. The largest absolute Gasteiger partial charge is 0.490 e. The second-order valence-electron chi connectivity index (χ2n) is 3.83. The molecule has 17 heteroatoms. The van der Waals surface area contributed by atoms with Gasteiger partial charge in [-0.25, -0.2) is 0 Å². The van der Waals surface area contributed by atoms with Gasteiger partial charge in [0, 0.05) is 5.06 Å². The number of hydrogen-bond acceptors (Lipinski definition) is 3. The van der Waals surface area contributed by atoms with E-state index >= 15 is 0 Å². The lowest BCUT2D eigenvalue weighted by atomic mass is 10.3. The highest BCUT2D eigenvalue weighted by atomic mass is 35.5. The van der Waals surface area contributed by atoms with Crippen molar-refractivity contribution in [3.05, 3.63) is 0 Å². The average Bonchev–Trinajstić information content (AvgIpc) is 2.20. The predicted molar refractivity (Wildman–Crippen MR) is 53.2 cm³/mol. The van der Waals surface area contributed by atoms with Crippen LogP contribution in [0.4, 0.5) is 52.7 Å². The number of nitrogens with zero attached hydrogens (tertiary/aromatic N) is 2. The lowest BCUT2D eigenvalue weighted by molar-refractivity contribution is -0.488. The van der Waals surface area contributed by atoms with Gasteiger partial charge in [0.15, 0.2) is 5.00 Å². The molecule has 0 aromatic rings. The van der Waals surface area contributed by atoms with Gasteiger partial charge in [-0.3, -0.25) is 4.84 Å². The number of hydrogen-bond donors (Lipinski definition) is 0. The first-order valence-electron chi connectivity index (χ1n) is 5.02. The van der Waals surface area contributed by atoms with Crippen molar-refractivity contribution >= 4 is 23.2 Å². The Hall–Kier alpha value is -0.380. The highest BCUT2D eigenvalue weighted by Crippen LogP contribution is 2.43. The Morgan fingerprint density at radius 2 is 1.00 bits per heavy atom. The molecule has 0 bridgehead atoms. The lowest BCUT2D eigenvalue weighted by Gasteiger charge is -2.39. The van der Waals surface area contributed by atoms with E-state index < -0.39 is 52.6 Å². The molecule has 146 valence electrons. The van der Waals surface area contributed by atoms with E-state index in [-0.39, 0.29) is 0 Å². The van der Waals surface area contributed by atoms with E-state index in [9.17, 15) is 52.7 Å². The van der Waals surface area contributed by atoms with Crippen molar-refractivity contribution in [3.63, 3.8) is 0 Å². The van der Waals surface area contributed by atoms with Crippen LogP contribution in [-0.4, -0.2) is 52.6 Å². The van der Waals surface area contributed by atoms with E-state index in [0.717, 1.165) is 0 Å². The average molecular weight is 431 g/mol. The minimum Gasteiger partial charge on any atom is -0.281 e. The fraction of sp³-hybridized carbons (Fsp3) is 1.00. The molecule has 0 fully saturated rings. The van der Waals surface area contributed by atoms with Crippen molar-refractivity contribution in [1.29, 1.82) is 0 Å². The summed E-state index contributed by atoms with van der Waals surface area (Å²) in [6, 6.07) is 0. The summed E-state index contributed by atoms with van der Waals surface area (Å²) < 4.78 is 147. The van der Waals surface area contributed by atoms with E-state index in [1.54, 1.807) is 0 Å². The van der Waals surface area contributed by atoms with Crippen LogP contribution >= 0.6 is 23.2 Å². The van der Waals surface area contributed by atoms with Crippen molar-refractivity contribution in [2.24, 2.45) is 0 Å². The van der Waals surface area contributed by atoms with Gasteiger partial charge >= 0.3 is 25.2 Å². The van der Waals surface area contributed by atoms with Crippen molar-refractivity contribution in [2.75, 3.05) is 12.5 Å². The lowest BCUT2D eigenvalue weighted by Crippen LogP contribution is -2.63. The number of rotatable bonds is 5. The summed E-state index contributed by atoms with van der Waals surface area (Å²) in [5.74, 6) is -1.89. The molecule has 0 saturated heterocycles. The zero-order valence-electron chi connectivity index (χ0n) is 10.5. The first-order valence-corrected chi connectivity index (χ1v) is 5.93. The quantitative estimate of drug-likeness (QED) is 0.270. The molecule has 0 aliphatic rings. The monoisotopic (exact) mass is 430 g/mol. The SMILES string of the molecule is FC(F)(F)N(OCC(Cl)(CCl)N(C(F)(F)F)C(F)(F)F)C(F)(F)F. The minimum absolute atomic E-state index is 1.89. The number of halogens is 14. The van der Waals surface area contributed by atoms with Crippen LogP contribution in [0.25, 0.3) is 0 Å². The minimum atomic E-state index is -6.33. The molecule has 0 aliphatic carbocycles. The van der Waals surface area contributed by atoms with Crippen molar-refractivity contribution in [2.45, 2.75) is 30.2 Å². The summed E-state index contributed by atoms with van der Waals surface area (Å²) in [5, 5.41) is -2.71. The molecule has 0 radical (unpaired) electrons. The van der Waals surface area contributed by atoms with Gasteiger partial charge in [-0.2, -0.15) is 52.7 Å². The summed E-state index contributed by atoms with van der Waals surface area (Å²) in [6.07, 6.45) is -25.3. The van der Waals surface area contributed by atoms with Crippen molar-refractivity contribution < 1.29 is 57.5 Å². The maximum Gasteiger partial charge on any atom is 0.490 e. The van der Waals surface area contributed by atoms with E-state index in [1.807, 2.05) is 0 Å². The van der Waals surface area contributed by atoms with Gasteiger partial charge in [0.25, 0.3) is 0 Å². The van der Waals surface area contributed by atoms with Crippen LogP contribution in [0.5, 0.6) is 0 Å². The maximum absolute atomic E-state index is 12.4. The van der Waals surface area contributed by atoms with Gasteiger partial charge in [-0.05, 0) is 0 Å². The molecule has 0 rings (SSSR count).